The van der Waals surface area contributed by atoms with Gasteiger partial charge in [-0.25, -0.2) is 0 Å². The van der Waals surface area contributed by atoms with Gasteiger partial charge in [0.15, 0.2) is 0 Å². The Hall–Kier alpha value is -1.16. The Balaban J connectivity index is 2.12. The molecule has 4 heteroatoms. The smallest absolute Gasteiger partial charge is 0.261 e. The fraction of sp³-hybridized carbons (Fsp3) is 0.385. The second-order valence-electron chi connectivity index (χ2n) is 4.75. The number of benzene rings is 1. The molecule has 1 aliphatic heterocycles. The molecule has 0 unspecified atom stereocenters. The lowest BCUT2D eigenvalue weighted by molar-refractivity contribution is -0.128. The molecule has 1 aromatic carbocycles. The predicted octanol–water partition coefficient (Wildman–Crippen LogP) is 2.44. The number of hydrogen-bond donors (Lipinski definition) is 0. The molecule has 0 atom stereocenters. The third kappa shape index (κ3) is 1.71. The van der Waals surface area contributed by atoms with Crippen LogP contribution >= 0.6 is 15.9 Å². The Morgan fingerprint density at radius 3 is 2.65 bits per heavy atom. The van der Waals surface area contributed by atoms with Gasteiger partial charge in [0.25, 0.3) is 5.91 Å². The molecular weight excluding hydrogens is 282 g/mol. The second-order valence-corrected chi connectivity index (χ2v) is 5.60. The highest BCUT2D eigenvalue weighted by molar-refractivity contribution is 9.10. The molecule has 0 aromatic heterocycles. The molecule has 3 nitrogen and oxygen atoms in total. The van der Waals surface area contributed by atoms with E-state index in [1.807, 2.05) is 19.1 Å². The van der Waals surface area contributed by atoms with Gasteiger partial charge in [-0.1, -0.05) is 15.9 Å². The molecule has 0 N–H and O–H groups in total. The lowest BCUT2D eigenvalue weighted by Gasteiger charge is -2.27. The van der Waals surface area contributed by atoms with Gasteiger partial charge in [-0.15, -0.1) is 0 Å². The van der Waals surface area contributed by atoms with Gasteiger partial charge in [-0.2, -0.15) is 0 Å². The van der Waals surface area contributed by atoms with E-state index in [1.54, 1.807) is 0 Å². The van der Waals surface area contributed by atoms with E-state index in [9.17, 15) is 9.59 Å². The van der Waals surface area contributed by atoms with Crippen molar-refractivity contribution < 1.29 is 9.59 Å². The molecular formula is C13H12BrNO2. The highest BCUT2D eigenvalue weighted by atomic mass is 79.9. The number of amides is 2. The van der Waals surface area contributed by atoms with E-state index in [1.165, 1.54) is 4.90 Å². The van der Waals surface area contributed by atoms with Gasteiger partial charge in [-0.3, -0.25) is 14.5 Å². The first-order valence-electron chi connectivity index (χ1n) is 5.73. The highest BCUT2D eigenvalue weighted by Gasteiger charge is 2.41. The zero-order valence-corrected chi connectivity index (χ0v) is 11.1. The van der Waals surface area contributed by atoms with Crippen molar-refractivity contribution in [3.05, 3.63) is 33.3 Å². The van der Waals surface area contributed by atoms with Crippen LogP contribution in [0.3, 0.4) is 0 Å². The summed E-state index contributed by atoms with van der Waals surface area (Å²) in [5.74, 6) is -0.183. The quantitative estimate of drug-likeness (QED) is 0.746. The molecule has 2 aliphatic rings. The van der Waals surface area contributed by atoms with Gasteiger partial charge in [0.1, 0.15) is 0 Å². The largest absolute Gasteiger partial charge is 0.275 e. The first-order valence-corrected chi connectivity index (χ1v) is 6.52. The average molecular weight is 294 g/mol. The van der Waals surface area contributed by atoms with Crippen molar-refractivity contribution in [2.45, 2.75) is 32.2 Å². The Morgan fingerprint density at radius 1 is 1.29 bits per heavy atom. The summed E-state index contributed by atoms with van der Waals surface area (Å²) in [6, 6.07) is 3.98. The van der Waals surface area contributed by atoms with Crippen molar-refractivity contribution in [2.75, 3.05) is 0 Å². The number of nitrogens with zero attached hydrogens (tertiary/aromatic N) is 1. The van der Waals surface area contributed by atoms with Crippen LogP contribution in [0.15, 0.2) is 16.6 Å². The number of halogens is 1. The van der Waals surface area contributed by atoms with Crippen LogP contribution in [0.5, 0.6) is 0 Å². The van der Waals surface area contributed by atoms with Crippen LogP contribution in [0.25, 0.3) is 0 Å². The summed E-state index contributed by atoms with van der Waals surface area (Å²) < 4.78 is 0.865. The number of carbonyl (C=O) groups is 2. The monoisotopic (exact) mass is 293 g/mol. The summed E-state index contributed by atoms with van der Waals surface area (Å²) in [4.78, 5) is 25.7. The van der Waals surface area contributed by atoms with E-state index in [-0.39, 0.29) is 17.9 Å². The van der Waals surface area contributed by atoms with Crippen molar-refractivity contribution >= 4 is 27.7 Å². The van der Waals surface area contributed by atoms with E-state index in [0.29, 0.717) is 12.0 Å². The lowest BCUT2D eigenvalue weighted by Crippen LogP contribution is -2.43. The maximum atomic E-state index is 12.3. The first kappa shape index (κ1) is 11.0. The number of fused-ring (bicyclic) bond motifs is 1. The van der Waals surface area contributed by atoms with Gasteiger partial charge >= 0.3 is 0 Å². The minimum atomic E-state index is -0.122. The minimum absolute atomic E-state index is 0.0606. The molecule has 88 valence electrons. The topological polar surface area (TPSA) is 37.4 Å². The predicted molar refractivity (Wildman–Crippen MR) is 66.8 cm³/mol. The van der Waals surface area contributed by atoms with E-state index < -0.39 is 0 Å². The normalized spacial score (nSPS) is 19.5. The van der Waals surface area contributed by atoms with Crippen LogP contribution in [0.1, 0.15) is 34.3 Å². The number of carbonyl (C=O) groups excluding carboxylic acids is 2. The van der Waals surface area contributed by atoms with Crippen LogP contribution in [0.4, 0.5) is 0 Å². The molecule has 0 bridgehead atoms. The van der Waals surface area contributed by atoms with E-state index in [4.69, 9.17) is 0 Å². The zero-order chi connectivity index (χ0) is 12.2. The van der Waals surface area contributed by atoms with Crippen LogP contribution in [0.2, 0.25) is 0 Å². The fourth-order valence-corrected chi connectivity index (χ4v) is 3.04. The van der Waals surface area contributed by atoms with Crippen molar-refractivity contribution in [2.24, 2.45) is 0 Å². The summed E-state index contributed by atoms with van der Waals surface area (Å²) >= 11 is 3.44. The van der Waals surface area contributed by atoms with Crippen LogP contribution in [-0.4, -0.2) is 22.8 Å². The Bertz CT molecular complexity index is 534. The maximum absolute atomic E-state index is 12.3. The summed E-state index contributed by atoms with van der Waals surface area (Å²) in [5, 5.41) is 0. The molecule has 1 fully saturated rings. The number of rotatable bonds is 1. The summed E-state index contributed by atoms with van der Waals surface area (Å²) in [7, 11) is 0. The Morgan fingerprint density at radius 2 is 2.00 bits per heavy atom. The van der Waals surface area contributed by atoms with Gasteiger partial charge in [0, 0.05) is 16.1 Å². The molecule has 3 rings (SSSR count). The number of aryl methyl sites for hydroxylation is 1. The second kappa shape index (κ2) is 3.67. The summed E-state index contributed by atoms with van der Waals surface area (Å²) in [5.41, 5.74) is 2.56. The van der Waals surface area contributed by atoms with Gasteiger partial charge in [0.05, 0.1) is 6.42 Å². The summed E-state index contributed by atoms with van der Waals surface area (Å²) in [6.07, 6.45) is 2.25. The molecule has 0 saturated heterocycles. The van der Waals surface area contributed by atoms with Crippen LogP contribution in [0, 0.1) is 6.92 Å². The van der Waals surface area contributed by atoms with Crippen molar-refractivity contribution in [1.29, 1.82) is 0 Å². The standard InChI is InChI=1S/C13H12BrNO2/c1-7-4-10-9(11(14)5-7)6-12(16)15(13(10)17)8-2-3-8/h4-5,8H,2-3,6H2,1H3. The molecule has 1 aromatic rings. The number of imide groups is 1. The molecule has 1 saturated carbocycles. The SMILES string of the molecule is Cc1cc(Br)c2c(c1)C(=O)N(C1CC1)C(=O)C2. The molecule has 0 spiro atoms. The molecule has 2 amide bonds. The third-order valence-electron chi connectivity index (χ3n) is 3.30. The highest BCUT2D eigenvalue weighted by Crippen LogP contribution is 2.35. The van der Waals surface area contributed by atoms with Gasteiger partial charge < -0.3 is 0 Å². The molecule has 0 radical (unpaired) electrons. The zero-order valence-electron chi connectivity index (χ0n) is 9.50. The minimum Gasteiger partial charge on any atom is -0.275 e. The fourth-order valence-electron chi connectivity index (χ4n) is 2.32. The van der Waals surface area contributed by atoms with E-state index in [2.05, 4.69) is 15.9 Å². The third-order valence-corrected chi connectivity index (χ3v) is 4.01. The Labute approximate surface area is 108 Å². The molecule has 1 heterocycles. The Kier molecular flexibility index (Phi) is 2.36. The van der Waals surface area contributed by atoms with Gasteiger partial charge in [0.2, 0.25) is 5.91 Å². The molecule has 1 aliphatic carbocycles. The van der Waals surface area contributed by atoms with Crippen LogP contribution in [-0.2, 0) is 11.2 Å². The van der Waals surface area contributed by atoms with E-state index in [0.717, 1.165) is 28.4 Å². The summed E-state index contributed by atoms with van der Waals surface area (Å²) in [6.45, 7) is 1.95. The first-order chi connectivity index (χ1) is 8.08. The van der Waals surface area contributed by atoms with Crippen molar-refractivity contribution in [3.8, 4) is 0 Å². The lowest BCUT2D eigenvalue weighted by atomic mass is 9.96. The van der Waals surface area contributed by atoms with E-state index >= 15 is 0 Å². The number of hydrogen-bond acceptors (Lipinski definition) is 2. The maximum Gasteiger partial charge on any atom is 0.261 e. The molecule has 17 heavy (non-hydrogen) atoms. The van der Waals surface area contributed by atoms with Gasteiger partial charge in [-0.05, 0) is 43.0 Å². The average Bonchev–Trinajstić information content (AvgIpc) is 3.04. The van der Waals surface area contributed by atoms with Crippen molar-refractivity contribution in [3.63, 3.8) is 0 Å². The van der Waals surface area contributed by atoms with Crippen LogP contribution < -0.4 is 0 Å². The van der Waals surface area contributed by atoms with Crippen molar-refractivity contribution in [1.82, 2.24) is 4.90 Å².